The summed E-state index contributed by atoms with van der Waals surface area (Å²) in [6.07, 6.45) is 0. The highest BCUT2D eigenvalue weighted by atomic mass is 35.5. The molecule has 10 nitrogen and oxygen atoms in total. The predicted octanol–water partition coefficient (Wildman–Crippen LogP) is 3.01. The lowest BCUT2D eigenvalue weighted by molar-refractivity contribution is 0.0489. The number of ether oxygens (including phenoxy) is 2. The fourth-order valence-corrected chi connectivity index (χ4v) is 3.97. The van der Waals surface area contributed by atoms with Gasteiger partial charge in [0.15, 0.2) is 11.5 Å². The summed E-state index contributed by atoms with van der Waals surface area (Å²) in [5.41, 5.74) is 5.84. The second-order valence-corrected chi connectivity index (χ2v) is 11.7. The molecule has 1 aromatic heterocycles. The van der Waals surface area contributed by atoms with E-state index in [0.717, 1.165) is 0 Å². The minimum Gasteiger partial charge on any atom is -0.493 e. The van der Waals surface area contributed by atoms with Crippen molar-refractivity contribution in [1.82, 2.24) is 10.3 Å². The Kier molecular flexibility index (Phi) is 8.88. The number of nitrogens with two attached hydrogens (primary N) is 2. The van der Waals surface area contributed by atoms with Gasteiger partial charge in [-0.05, 0) is 74.9 Å². The second-order valence-electron chi connectivity index (χ2n) is 9.72. The standard InChI is InChI=1S/C26H30ClFN4O6S/c1-25(2,29)17-11-20(15-5-7-19(28)18(27)9-15)32-23(12-17)26(3,34)13-31-24(33)16-6-8-21(22(10-16)37-4)38-14-39(30,35)36/h5-12,34H,13-14,29H2,1-4H3,(H,31,33)(H2,30,35,36). The summed E-state index contributed by atoms with van der Waals surface area (Å²) in [6.45, 7) is 4.82. The third kappa shape index (κ3) is 7.87. The van der Waals surface area contributed by atoms with Crippen LogP contribution < -0.4 is 25.7 Å². The Morgan fingerprint density at radius 3 is 2.41 bits per heavy atom. The van der Waals surface area contributed by atoms with Crippen LogP contribution in [0.25, 0.3) is 11.3 Å². The number of nitrogens with zero attached hydrogens (tertiary/aromatic N) is 1. The van der Waals surface area contributed by atoms with E-state index in [9.17, 15) is 22.7 Å². The Hall–Kier alpha value is -3.29. The van der Waals surface area contributed by atoms with Crippen molar-refractivity contribution in [3.8, 4) is 22.8 Å². The fourth-order valence-electron chi connectivity index (χ4n) is 3.50. The molecule has 0 aliphatic carbocycles. The number of halogens is 2. The number of aliphatic hydroxyl groups is 1. The molecule has 210 valence electrons. The molecule has 1 amide bonds. The number of carbonyl (C=O) groups is 1. The number of rotatable bonds is 10. The van der Waals surface area contributed by atoms with Gasteiger partial charge in [-0.25, -0.2) is 22.9 Å². The molecule has 0 spiro atoms. The lowest BCUT2D eigenvalue weighted by Crippen LogP contribution is -2.40. The molecular formula is C26H30ClFN4O6S. The number of hydrogen-bond acceptors (Lipinski definition) is 8. The smallest absolute Gasteiger partial charge is 0.251 e. The minimum absolute atomic E-state index is 0.0777. The van der Waals surface area contributed by atoms with Gasteiger partial charge >= 0.3 is 0 Å². The lowest BCUT2D eigenvalue weighted by Gasteiger charge is -2.27. The first-order valence-corrected chi connectivity index (χ1v) is 13.7. The van der Waals surface area contributed by atoms with E-state index in [2.05, 4.69) is 10.3 Å². The lowest BCUT2D eigenvalue weighted by atomic mass is 9.90. The molecule has 0 saturated carbocycles. The van der Waals surface area contributed by atoms with Crippen LogP contribution in [0.3, 0.4) is 0 Å². The van der Waals surface area contributed by atoms with Crippen molar-refractivity contribution in [2.75, 3.05) is 19.6 Å². The zero-order chi connectivity index (χ0) is 29.2. The maximum absolute atomic E-state index is 13.7. The monoisotopic (exact) mass is 580 g/mol. The number of hydrogen-bond donors (Lipinski definition) is 4. The molecule has 0 radical (unpaired) electrons. The van der Waals surface area contributed by atoms with E-state index in [0.29, 0.717) is 16.8 Å². The molecule has 1 unspecified atom stereocenters. The topological polar surface area (TPSA) is 167 Å². The van der Waals surface area contributed by atoms with Crippen molar-refractivity contribution in [3.05, 3.63) is 76.2 Å². The van der Waals surface area contributed by atoms with Gasteiger partial charge in [0, 0.05) is 16.7 Å². The van der Waals surface area contributed by atoms with Gasteiger partial charge in [-0.15, -0.1) is 0 Å². The van der Waals surface area contributed by atoms with Gasteiger partial charge in [0.2, 0.25) is 16.0 Å². The molecule has 0 bridgehead atoms. The van der Waals surface area contributed by atoms with Crippen LogP contribution >= 0.6 is 11.6 Å². The molecule has 3 rings (SSSR count). The van der Waals surface area contributed by atoms with Crippen molar-refractivity contribution < 1.29 is 32.2 Å². The second kappa shape index (κ2) is 11.4. The van der Waals surface area contributed by atoms with Crippen molar-refractivity contribution in [1.29, 1.82) is 0 Å². The summed E-state index contributed by atoms with van der Waals surface area (Å²) in [6, 6.07) is 11.7. The largest absolute Gasteiger partial charge is 0.493 e. The maximum atomic E-state index is 13.7. The van der Waals surface area contributed by atoms with Crippen molar-refractivity contribution in [2.24, 2.45) is 10.9 Å². The van der Waals surface area contributed by atoms with Gasteiger partial charge in [-0.1, -0.05) is 11.6 Å². The Morgan fingerprint density at radius 1 is 1.13 bits per heavy atom. The average Bonchev–Trinajstić information content (AvgIpc) is 2.86. The Bertz CT molecular complexity index is 1490. The molecule has 1 heterocycles. The van der Waals surface area contributed by atoms with E-state index < -0.39 is 38.8 Å². The Labute approximate surface area is 231 Å². The van der Waals surface area contributed by atoms with Crippen molar-refractivity contribution in [2.45, 2.75) is 31.9 Å². The summed E-state index contributed by atoms with van der Waals surface area (Å²) >= 11 is 5.96. The molecule has 1 atom stereocenters. The first kappa shape index (κ1) is 30.3. The zero-order valence-corrected chi connectivity index (χ0v) is 23.4. The molecule has 3 aromatic rings. The molecule has 13 heteroatoms. The molecule has 6 N–H and O–H groups in total. The maximum Gasteiger partial charge on any atom is 0.251 e. The first-order chi connectivity index (χ1) is 18.0. The summed E-state index contributed by atoms with van der Waals surface area (Å²) in [4.78, 5) is 17.4. The SMILES string of the molecule is COc1cc(C(=O)NCC(C)(O)c2cc(C(C)(C)N)cc(-c3ccc(F)c(Cl)c3)n2)ccc1OCS(N)(=O)=O. The number of benzene rings is 2. The highest BCUT2D eigenvalue weighted by Crippen LogP contribution is 2.31. The predicted molar refractivity (Wildman–Crippen MR) is 145 cm³/mol. The summed E-state index contributed by atoms with van der Waals surface area (Å²) in [5, 5.41) is 18.8. The van der Waals surface area contributed by atoms with Crippen LogP contribution in [0, 0.1) is 5.82 Å². The summed E-state index contributed by atoms with van der Waals surface area (Å²) < 4.78 is 46.4. The van der Waals surface area contributed by atoms with E-state index in [4.69, 9.17) is 31.9 Å². The summed E-state index contributed by atoms with van der Waals surface area (Å²) in [7, 11) is -2.56. The Morgan fingerprint density at radius 2 is 1.82 bits per heavy atom. The van der Waals surface area contributed by atoms with E-state index in [1.807, 2.05) is 0 Å². The van der Waals surface area contributed by atoms with Gasteiger partial charge in [0.25, 0.3) is 5.91 Å². The van der Waals surface area contributed by atoms with Crippen LogP contribution in [-0.4, -0.2) is 44.0 Å². The molecule has 0 saturated heterocycles. The van der Waals surface area contributed by atoms with Crippen LogP contribution in [0.15, 0.2) is 48.5 Å². The number of carbonyl (C=O) groups excluding carboxylic acids is 1. The number of methoxy groups -OCH3 is 1. The highest BCUT2D eigenvalue weighted by molar-refractivity contribution is 7.88. The highest BCUT2D eigenvalue weighted by Gasteiger charge is 2.29. The number of amides is 1. The normalized spacial score (nSPS) is 13.5. The zero-order valence-electron chi connectivity index (χ0n) is 21.8. The quantitative estimate of drug-likeness (QED) is 0.284. The number of nitrogens with one attached hydrogen (secondary N) is 1. The van der Waals surface area contributed by atoms with Crippen LogP contribution in [0.4, 0.5) is 4.39 Å². The third-order valence-corrected chi connectivity index (χ3v) is 6.47. The average molecular weight is 581 g/mol. The number of primary sulfonamides is 1. The molecular weight excluding hydrogens is 551 g/mol. The van der Waals surface area contributed by atoms with Crippen LogP contribution in [0.2, 0.25) is 5.02 Å². The van der Waals surface area contributed by atoms with Gasteiger partial charge in [0.05, 0.1) is 30.1 Å². The molecule has 2 aromatic carbocycles. The van der Waals surface area contributed by atoms with E-state index in [-0.39, 0.29) is 34.3 Å². The van der Waals surface area contributed by atoms with Crippen molar-refractivity contribution in [3.63, 3.8) is 0 Å². The van der Waals surface area contributed by atoms with Crippen LogP contribution in [0.1, 0.15) is 42.4 Å². The molecule has 0 aliphatic rings. The Balaban J connectivity index is 1.86. The molecule has 0 aliphatic heterocycles. The van der Waals surface area contributed by atoms with Crippen LogP contribution in [-0.2, 0) is 21.2 Å². The first-order valence-electron chi connectivity index (χ1n) is 11.6. The number of aromatic nitrogens is 1. The van der Waals surface area contributed by atoms with E-state index in [1.54, 1.807) is 26.0 Å². The summed E-state index contributed by atoms with van der Waals surface area (Å²) in [5.74, 6) is -1.71. The fraction of sp³-hybridized carbons (Fsp3) is 0.308. The van der Waals surface area contributed by atoms with E-state index in [1.165, 1.54) is 50.4 Å². The van der Waals surface area contributed by atoms with Gasteiger partial charge in [-0.3, -0.25) is 4.79 Å². The number of sulfonamides is 1. The van der Waals surface area contributed by atoms with Gasteiger partial charge < -0.3 is 25.6 Å². The third-order valence-electron chi connectivity index (χ3n) is 5.73. The minimum atomic E-state index is -3.88. The molecule has 0 fully saturated rings. The van der Waals surface area contributed by atoms with Crippen molar-refractivity contribution >= 4 is 27.5 Å². The van der Waals surface area contributed by atoms with Gasteiger partial charge in [0.1, 0.15) is 11.4 Å². The molecule has 39 heavy (non-hydrogen) atoms. The van der Waals surface area contributed by atoms with Crippen LogP contribution in [0.5, 0.6) is 11.5 Å². The number of pyridine rings is 1. The van der Waals surface area contributed by atoms with E-state index >= 15 is 0 Å². The van der Waals surface area contributed by atoms with Gasteiger partial charge in [-0.2, -0.15) is 0 Å².